The Bertz CT molecular complexity index is 320. The van der Waals surface area contributed by atoms with Gasteiger partial charge in [-0.3, -0.25) is 0 Å². The first-order valence-corrected chi connectivity index (χ1v) is 6.85. The largest absolute Gasteiger partial charge is 0.383 e. The summed E-state index contributed by atoms with van der Waals surface area (Å²) in [5.41, 5.74) is 1.02. The van der Waals surface area contributed by atoms with E-state index in [4.69, 9.17) is 21.1 Å². The van der Waals surface area contributed by atoms with Gasteiger partial charge in [0.2, 0.25) is 0 Å². The number of anilines is 1. The second-order valence-electron chi connectivity index (χ2n) is 4.02. The third-order valence-electron chi connectivity index (χ3n) is 2.41. The van der Waals surface area contributed by atoms with Crippen LogP contribution in [0.2, 0.25) is 5.02 Å². The monoisotopic (exact) mass is 271 g/mol. The molecular weight excluding hydrogens is 250 g/mol. The molecule has 1 aromatic rings. The van der Waals surface area contributed by atoms with Gasteiger partial charge in [-0.15, -0.1) is 0 Å². The Hall–Kier alpha value is -0.770. The molecule has 102 valence electrons. The van der Waals surface area contributed by atoms with Crippen LogP contribution in [0.1, 0.15) is 19.8 Å². The summed E-state index contributed by atoms with van der Waals surface area (Å²) in [4.78, 5) is 0. The summed E-state index contributed by atoms with van der Waals surface area (Å²) in [6, 6.07) is 7.67. The van der Waals surface area contributed by atoms with Crippen molar-refractivity contribution in [3.63, 3.8) is 0 Å². The van der Waals surface area contributed by atoms with E-state index in [2.05, 4.69) is 12.2 Å². The fourth-order valence-electron chi connectivity index (χ4n) is 1.43. The number of hydrogen-bond acceptors (Lipinski definition) is 3. The van der Waals surface area contributed by atoms with Crippen LogP contribution in [0.4, 0.5) is 5.69 Å². The molecule has 0 aliphatic carbocycles. The van der Waals surface area contributed by atoms with Crippen molar-refractivity contribution in [3.8, 4) is 0 Å². The van der Waals surface area contributed by atoms with Crippen molar-refractivity contribution in [2.75, 3.05) is 38.3 Å². The highest BCUT2D eigenvalue weighted by atomic mass is 35.5. The summed E-state index contributed by atoms with van der Waals surface area (Å²) in [5, 5.41) is 3.99. The van der Waals surface area contributed by atoms with Crippen molar-refractivity contribution in [2.24, 2.45) is 0 Å². The average Bonchev–Trinajstić information content (AvgIpc) is 2.37. The molecule has 0 saturated heterocycles. The van der Waals surface area contributed by atoms with Crippen LogP contribution >= 0.6 is 11.6 Å². The van der Waals surface area contributed by atoms with E-state index in [0.717, 1.165) is 30.3 Å². The molecule has 1 N–H and O–H groups in total. The predicted octanol–water partition coefficient (Wildman–Crippen LogP) is 3.59. The highest BCUT2D eigenvalue weighted by Crippen LogP contribution is 2.14. The van der Waals surface area contributed by atoms with Gasteiger partial charge >= 0.3 is 0 Å². The van der Waals surface area contributed by atoms with Crippen LogP contribution in [0.25, 0.3) is 0 Å². The van der Waals surface area contributed by atoms with Gasteiger partial charge in [0.25, 0.3) is 0 Å². The van der Waals surface area contributed by atoms with E-state index < -0.39 is 0 Å². The first kappa shape index (κ1) is 15.3. The molecule has 0 aromatic heterocycles. The van der Waals surface area contributed by atoms with E-state index >= 15 is 0 Å². The molecule has 1 aromatic carbocycles. The van der Waals surface area contributed by atoms with E-state index in [0.29, 0.717) is 19.8 Å². The van der Waals surface area contributed by atoms with Crippen molar-refractivity contribution in [1.82, 2.24) is 0 Å². The van der Waals surface area contributed by atoms with Crippen LogP contribution < -0.4 is 5.32 Å². The summed E-state index contributed by atoms with van der Waals surface area (Å²) < 4.78 is 10.8. The zero-order valence-electron chi connectivity index (χ0n) is 11.0. The van der Waals surface area contributed by atoms with Gasteiger partial charge in [-0.25, -0.2) is 0 Å². The van der Waals surface area contributed by atoms with Crippen LogP contribution in [0.15, 0.2) is 24.3 Å². The molecule has 3 nitrogen and oxygen atoms in total. The summed E-state index contributed by atoms with van der Waals surface area (Å²) >= 11 is 5.88. The zero-order chi connectivity index (χ0) is 13.1. The van der Waals surface area contributed by atoms with E-state index in [1.54, 1.807) is 0 Å². The van der Waals surface area contributed by atoms with E-state index in [-0.39, 0.29) is 0 Å². The molecule has 0 radical (unpaired) electrons. The summed E-state index contributed by atoms with van der Waals surface area (Å²) in [7, 11) is 0. The highest BCUT2D eigenvalue weighted by Gasteiger charge is 1.93. The second-order valence-corrected chi connectivity index (χ2v) is 4.45. The van der Waals surface area contributed by atoms with Crippen LogP contribution in [0.5, 0.6) is 0 Å². The van der Waals surface area contributed by atoms with Crippen LogP contribution in [-0.2, 0) is 9.47 Å². The number of ether oxygens (including phenoxy) is 2. The van der Waals surface area contributed by atoms with Crippen molar-refractivity contribution in [2.45, 2.75) is 19.8 Å². The third-order valence-corrected chi connectivity index (χ3v) is 2.65. The molecular formula is C14H22ClNO2. The maximum Gasteiger partial charge on any atom is 0.0701 e. The Morgan fingerprint density at radius 1 is 1.11 bits per heavy atom. The minimum atomic E-state index is 0.654. The lowest BCUT2D eigenvalue weighted by atomic mass is 10.3. The number of nitrogens with one attached hydrogen (secondary N) is 1. The third kappa shape index (κ3) is 7.54. The molecule has 0 amide bonds. The smallest absolute Gasteiger partial charge is 0.0701 e. The molecule has 0 aliphatic rings. The lowest BCUT2D eigenvalue weighted by molar-refractivity contribution is 0.0505. The number of rotatable bonds is 10. The minimum Gasteiger partial charge on any atom is -0.383 e. The Balaban J connectivity index is 1.92. The van der Waals surface area contributed by atoms with E-state index in [9.17, 15) is 0 Å². The molecule has 0 heterocycles. The van der Waals surface area contributed by atoms with Crippen molar-refractivity contribution >= 4 is 17.3 Å². The van der Waals surface area contributed by atoms with Gasteiger partial charge < -0.3 is 14.8 Å². The first-order chi connectivity index (χ1) is 8.83. The highest BCUT2D eigenvalue weighted by molar-refractivity contribution is 6.30. The topological polar surface area (TPSA) is 30.5 Å². The second kappa shape index (κ2) is 10.2. The molecule has 0 atom stereocenters. The lowest BCUT2D eigenvalue weighted by Crippen LogP contribution is -2.12. The normalized spacial score (nSPS) is 10.6. The molecule has 0 fully saturated rings. The van der Waals surface area contributed by atoms with Crippen molar-refractivity contribution in [1.29, 1.82) is 0 Å². The minimum absolute atomic E-state index is 0.654. The van der Waals surface area contributed by atoms with Crippen LogP contribution in [0, 0.1) is 0 Å². The first-order valence-electron chi connectivity index (χ1n) is 6.48. The Morgan fingerprint density at radius 2 is 1.89 bits per heavy atom. The maximum absolute atomic E-state index is 5.88. The average molecular weight is 272 g/mol. The predicted molar refractivity (Wildman–Crippen MR) is 76.5 cm³/mol. The van der Waals surface area contributed by atoms with Crippen LogP contribution in [-0.4, -0.2) is 33.0 Å². The van der Waals surface area contributed by atoms with Gasteiger partial charge in [-0.2, -0.15) is 0 Å². The molecule has 0 spiro atoms. The van der Waals surface area contributed by atoms with Gasteiger partial charge in [0.1, 0.15) is 0 Å². The summed E-state index contributed by atoms with van der Waals surface area (Å²) in [5.74, 6) is 0. The molecule has 0 bridgehead atoms. The zero-order valence-corrected chi connectivity index (χ0v) is 11.7. The maximum atomic E-state index is 5.88. The molecule has 0 unspecified atom stereocenters. The Morgan fingerprint density at radius 3 is 2.61 bits per heavy atom. The summed E-state index contributed by atoms with van der Waals surface area (Å²) in [6.07, 6.45) is 2.29. The standard InChI is InChI=1S/C14H22ClNO2/c1-2-3-8-17-10-11-18-9-7-16-14-6-4-5-13(15)12-14/h4-6,12,16H,2-3,7-11H2,1H3. The van der Waals surface area contributed by atoms with E-state index in [1.807, 2.05) is 24.3 Å². The number of hydrogen-bond donors (Lipinski definition) is 1. The molecule has 0 aliphatic heterocycles. The van der Waals surface area contributed by atoms with Crippen molar-refractivity contribution in [3.05, 3.63) is 29.3 Å². The molecule has 4 heteroatoms. The lowest BCUT2D eigenvalue weighted by Gasteiger charge is -2.08. The van der Waals surface area contributed by atoms with Gasteiger partial charge in [0.15, 0.2) is 0 Å². The quantitative estimate of drug-likeness (QED) is 0.660. The molecule has 18 heavy (non-hydrogen) atoms. The molecule has 1 rings (SSSR count). The van der Waals surface area contributed by atoms with Gasteiger partial charge in [0, 0.05) is 23.9 Å². The number of halogens is 1. The Labute approximate surface area is 114 Å². The van der Waals surface area contributed by atoms with Gasteiger partial charge in [0.05, 0.1) is 19.8 Å². The summed E-state index contributed by atoms with van der Waals surface area (Å²) in [6.45, 7) is 5.76. The SMILES string of the molecule is CCCCOCCOCCNc1cccc(Cl)c1. The Kier molecular flexibility index (Phi) is 8.65. The van der Waals surface area contributed by atoms with Crippen molar-refractivity contribution < 1.29 is 9.47 Å². The van der Waals surface area contributed by atoms with Crippen LogP contribution in [0.3, 0.4) is 0 Å². The number of unbranched alkanes of at least 4 members (excludes halogenated alkanes) is 1. The van der Waals surface area contributed by atoms with E-state index in [1.165, 1.54) is 6.42 Å². The fourth-order valence-corrected chi connectivity index (χ4v) is 1.62. The molecule has 0 saturated carbocycles. The number of benzene rings is 1. The van der Waals surface area contributed by atoms with Gasteiger partial charge in [-0.05, 0) is 24.6 Å². The van der Waals surface area contributed by atoms with Gasteiger partial charge in [-0.1, -0.05) is 31.0 Å². The fraction of sp³-hybridized carbons (Fsp3) is 0.571.